The van der Waals surface area contributed by atoms with Gasteiger partial charge in [0, 0.05) is 0 Å². The van der Waals surface area contributed by atoms with E-state index in [0.29, 0.717) is 14.7 Å². The van der Waals surface area contributed by atoms with Crippen LogP contribution >= 0.6 is 46.9 Å². The van der Waals surface area contributed by atoms with Gasteiger partial charge in [0.2, 0.25) is 5.91 Å². The predicted octanol–water partition coefficient (Wildman–Crippen LogP) is 5.05. The summed E-state index contributed by atoms with van der Waals surface area (Å²) in [4.78, 5) is 12.1. The van der Waals surface area contributed by atoms with Crippen LogP contribution in [0.4, 0.5) is 5.69 Å². The molecule has 24 heavy (non-hydrogen) atoms. The lowest BCUT2D eigenvalue weighted by atomic mass is 10.3. The van der Waals surface area contributed by atoms with Gasteiger partial charge in [0.1, 0.15) is 0 Å². The summed E-state index contributed by atoms with van der Waals surface area (Å²) in [6.07, 6.45) is 0. The standard InChI is InChI=1S/C16H12ClN3OS3/c17-12-8-4-5-9-13(12)18-14(21)10-23-15-19-20(16(22)24-15)11-6-2-1-3-7-11/h1-9H,10H2,(H,18,21). The van der Waals surface area contributed by atoms with Gasteiger partial charge in [0.25, 0.3) is 0 Å². The minimum Gasteiger partial charge on any atom is -0.324 e. The molecule has 0 aliphatic heterocycles. The zero-order chi connectivity index (χ0) is 16.9. The lowest BCUT2D eigenvalue weighted by Gasteiger charge is -2.05. The summed E-state index contributed by atoms with van der Waals surface area (Å²) in [6.45, 7) is 0. The maximum atomic E-state index is 12.1. The minimum absolute atomic E-state index is 0.138. The number of hydrogen-bond donors (Lipinski definition) is 1. The van der Waals surface area contributed by atoms with E-state index in [9.17, 15) is 4.79 Å². The van der Waals surface area contributed by atoms with Crippen molar-refractivity contribution >= 4 is 58.5 Å². The van der Waals surface area contributed by atoms with Gasteiger partial charge in [-0.25, -0.2) is 4.68 Å². The summed E-state index contributed by atoms with van der Waals surface area (Å²) in [7, 11) is 0. The molecule has 122 valence electrons. The Labute approximate surface area is 157 Å². The first-order valence-electron chi connectivity index (χ1n) is 6.96. The number of hydrogen-bond acceptors (Lipinski definition) is 5. The smallest absolute Gasteiger partial charge is 0.234 e. The van der Waals surface area contributed by atoms with Crippen molar-refractivity contribution < 1.29 is 4.79 Å². The molecule has 2 aromatic carbocycles. The number of carbonyl (C=O) groups excluding carboxylic acids is 1. The Kier molecular flexibility index (Phi) is 5.68. The van der Waals surface area contributed by atoms with Gasteiger partial charge in [-0.15, -0.1) is 5.10 Å². The van der Waals surface area contributed by atoms with Crippen LogP contribution in [-0.4, -0.2) is 21.4 Å². The predicted molar refractivity (Wildman–Crippen MR) is 103 cm³/mol. The highest BCUT2D eigenvalue weighted by Gasteiger charge is 2.10. The fourth-order valence-corrected chi connectivity index (χ4v) is 4.27. The first-order chi connectivity index (χ1) is 11.6. The molecule has 1 N–H and O–H groups in total. The van der Waals surface area contributed by atoms with Crippen LogP contribution in [0.5, 0.6) is 0 Å². The number of amides is 1. The molecule has 1 heterocycles. The molecule has 0 spiro atoms. The quantitative estimate of drug-likeness (QED) is 0.486. The SMILES string of the molecule is O=C(CSc1nn(-c2ccccc2)c(=S)s1)Nc1ccccc1Cl. The number of benzene rings is 2. The minimum atomic E-state index is -0.138. The molecule has 0 bridgehead atoms. The molecule has 8 heteroatoms. The van der Waals surface area contributed by atoms with E-state index in [1.54, 1.807) is 16.8 Å². The Morgan fingerprint density at radius 2 is 1.92 bits per heavy atom. The summed E-state index contributed by atoms with van der Waals surface area (Å²) in [5.41, 5.74) is 1.51. The van der Waals surface area contributed by atoms with Gasteiger partial charge in [-0.3, -0.25) is 4.79 Å². The van der Waals surface area contributed by atoms with E-state index in [1.807, 2.05) is 42.5 Å². The van der Waals surface area contributed by atoms with Crippen molar-refractivity contribution in [1.29, 1.82) is 0 Å². The Morgan fingerprint density at radius 1 is 1.21 bits per heavy atom. The van der Waals surface area contributed by atoms with E-state index < -0.39 is 0 Å². The van der Waals surface area contributed by atoms with Crippen LogP contribution < -0.4 is 5.32 Å². The van der Waals surface area contributed by atoms with Crippen LogP contribution in [0, 0.1) is 3.95 Å². The summed E-state index contributed by atoms with van der Waals surface area (Å²) in [6, 6.07) is 16.8. The molecule has 4 nitrogen and oxygen atoms in total. The summed E-state index contributed by atoms with van der Waals surface area (Å²) >= 11 is 14.1. The van der Waals surface area contributed by atoms with E-state index in [1.165, 1.54) is 23.1 Å². The largest absolute Gasteiger partial charge is 0.324 e. The van der Waals surface area contributed by atoms with Crippen LogP contribution in [0.15, 0.2) is 58.9 Å². The van der Waals surface area contributed by atoms with E-state index >= 15 is 0 Å². The van der Waals surface area contributed by atoms with Gasteiger partial charge in [0.05, 0.1) is 22.2 Å². The number of carbonyl (C=O) groups is 1. The molecule has 0 atom stereocenters. The van der Waals surface area contributed by atoms with Crippen LogP contribution in [0.25, 0.3) is 5.69 Å². The maximum Gasteiger partial charge on any atom is 0.234 e. The molecule has 0 aliphatic carbocycles. The Bertz CT molecular complexity index is 908. The first kappa shape index (κ1) is 17.2. The average Bonchev–Trinajstić information content (AvgIpc) is 2.97. The second-order valence-electron chi connectivity index (χ2n) is 4.70. The molecule has 1 aromatic heterocycles. The van der Waals surface area contributed by atoms with E-state index in [4.69, 9.17) is 23.8 Å². The molecule has 0 fully saturated rings. The monoisotopic (exact) mass is 393 g/mol. The number of rotatable bonds is 5. The molecule has 0 unspecified atom stereocenters. The molecule has 3 aromatic rings. The number of thioether (sulfide) groups is 1. The molecular formula is C16H12ClN3OS3. The second-order valence-corrected chi connectivity index (χ2v) is 7.95. The van der Waals surface area contributed by atoms with Gasteiger partial charge in [-0.2, -0.15) is 0 Å². The van der Waals surface area contributed by atoms with Crippen molar-refractivity contribution in [2.45, 2.75) is 4.34 Å². The van der Waals surface area contributed by atoms with Crippen LogP contribution in [-0.2, 0) is 4.79 Å². The summed E-state index contributed by atoms with van der Waals surface area (Å²) in [5.74, 6) is 0.0999. The van der Waals surface area contributed by atoms with Gasteiger partial charge in [0.15, 0.2) is 8.29 Å². The van der Waals surface area contributed by atoms with Crippen LogP contribution in [0.2, 0.25) is 5.02 Å². The van der Waals surface area contributed by atoms with Gasteiger partial charge in [-0.05, 0) is 36.5 Å². The molecule has 0 saturated heterocycles. The number of para-hydroxylation sites is 2. The number of nitrogens with zero attached hydrogens (tertiary/aromatic N) is 2. The molecule has 1 amide bonds. The zero-order valence-electron chi connectivity index (χ0n) is 12.3. The average molecular weight is 394 g/mol. The normalized spacial score (nSPS) is 10.5. The second kappa shape index (κ2) is 7.94. The fourth-order valence-electron chi connectivity index (χ4n) is 1.93. The fraction of sp³-hybridized carbons (Fsp3) is 0.0625. The third-order valence-electron chi connectivity index (χ3n) is 3.00. The van der Waals surface area contributed by atoms with Gasteiger partial charge >= 0.3 is 0 Å². The molecule has 3 rings (SSSR count). The lowest BCUT2D eigenvalue weighted by Crippen LogP contribution is -2.14. The van der Waals surface area contributed by atoms with E-state index in [2.05, 4.69) is 10.4 Å². The molecule has 0 aliphatic rings. The first-order valence-corrected chi connectivity index (χ1v) is 9.55. The molecule has 0 radical (unpaired) electrons. The molecule has 0 saturated carbocycles. The zero-order valence-corrected chi connectivity index (χ0v) is 15.5. The highest BCUT2D eigenvalue weighted by atomic mass is 35.5. The van der Waals surface area contributed by atoms with Gasteiger partial charge in [-0.1, -0.05) is 65.0 Å². The number of halogens is 1. The van der Waals surface area contributed by atoms with Crippen molar-refractivity contribution in [3.63, 3.8) is 0 Å². The van der Waals surface area contributed by atoms with Crippen LogP contribution in [0.1, 0.15) is 0 Å². The number of anilines is 1. The lowest BCUT2D eigenvalue weighted by molar-refractivity contribution is -0.113. The highest BCUT2D eigenvalue weighted by molar-refractivity contribution is 8.01. The highest BCUT2D eigenvalue weighted by Crippen LogP contribution is 2.25. The van der Waals surface area contributed by atoms with Crippen molar-refractivity contribution in [3.05, 3.63) is 63.6 Å². The topological polar surface area (TPSA) is 46.9 Å². The Hall–Kier alpha value is -1.67. The number of nitrogens with one attached hydrogen (secondary N) is 1. The third kappa shape index (κ3) is 4.24. The van der Waals surface area contributed by atoms with Crippen molar-refractivity contribution in [3.8, 4) is 5.69 Å². The summed E-state index contributed by atoms with van der Waals surface area (Å²) < 4.78 is 3.10. The van der Waals surface area contributed by atoms with E-state index in [-0.39, 0.29) is 11.7 Å². The Balaban J connectivity index is 1.64. The number of aromatic nitrogens is 2. The summed E-state index contributed by atoms with van der Waals surface area (Å²) in [5, 5.41) is 7.76. The van der Waals surface area contributed by atoms with Crippen LogP contribution in [0.3, 0.4) is 0 Å². The third-order valence-corrected chi connectivity index (χ3v) is 5.70. The van der Waals surface area contributed by atoms with E-state index in [0.717, 1.165) is 10.0 Å². The maximum absolute atomic E-state index is 12.1. The van der Waals surface area contributed by atoms with Gasteiger partial charge < -0.3 is 5.32 Å². The van der Waals surface area contributed by atoms with Crippen molar-refractivity contribution in [2.75, 3.05) is 11.1 Å². The van der Waals surface area contributed by atoms with Crippen molar-refractivity contribution in [1.82, 2.24) is 9.78 Å². The Morgan fingerprint density at radius 3 is 2.67 bits per heavy atom. The molecular weight excluding hydrogens is 382 g/mol. The van der Waals surface area contributed by atoms with Crippen molar-refractivity contribution in [2.24, 2.45) is 0 Å².